The van der Waals surface area contributed by atoms with Crippen LogP contribution in [0.1, 0.15) is 21.8 Å². The largest absolute Gasteiger partial charge is 0.481 e. The molecule has 1 atom stereocenters. The lowest BCUT2D eigenvalue weighted by Gasteiger charge is -2.14. The number of hydrogen-bond acceptors (Lipinski definition) is 5. The van der Waals surface area contributed by atoms with Gasteiger partial charge in [0.2, 0.25) is 0 Å². The number of aromatic nitrogens is 1. The molecular weight excluding hydrogens is 292 g/mol. The normalized spacial score (nSPS) is 18.1. The number of thiazole rings is 1. The molecule has 2 aromatic heterocycles. The van der Waals surface area contributed by atoms with Gasteiger partial charge in [0.25, 0.3) is 5.91 Å². The summed E-state index contributed by atoms with van der Waals surface area (Å²) < 4.78 is 5.40. The van der Waals surface area contributed by atoms with Crippen molar-refractivity contribution >= 4 is 23.2 Å². The minimum absolute atomic E-state index is 0.194. The zero-order chi connectivity index (χ0) is 15.0. The van der Waals surface area contributed by atoms with Crippen molar-refractivity contribution in [2.45, 2.75) is 13.3 Å². The Bertz CT molecular complexity index is 691. The number of carboxylic acid groups (broad SMARTS) is 1. The topological polar surface area (TPSA) is 83.6 Å². The summed E-state index contributed by atoms with van der Waals surface area (Å²) in [5, 5.41) is 11.8. The Hall–Kier alpha value is -2.15. The first-order chi connectivity index (χ1) is 10.0. The van der Waals surface area contributed by atoms with Crippen molar-refractivity contribution in [3.63, 3.8) is 0 Å². The first-order valence-electron chi connectivity index (χ1n) is 6.57. The fourth-order valence-corrected chi connectivity index (χ4v) is 2.99. The highest BCUT2D eigenvalue weighted by molar-refractivity contribution is 7.09. The van der Waals surface area contributed by atoms with Crippen LogP contribution in [-0.2, 0) is 4.79 Å². The van der Waals surface area contributed by atoms with Gasteiger partial charge in [0, 0.05) is 18.5 Å². The molecule has 1 aliphatic rings. The zero-order valence-corrected chi connectivity index (χ0v) is 12.2. The molecule has 1 aliphatic heterocycles. The Kier molecular flexibility index (Phi) is 3.50. The second kappa shape index (κ2) is 5.33. The molecule has 2 aromatic rings. The third kappa shape index (κ3) is 2.69. The summed E-state index contributed by atoms with van der Waals surface area (Å²) in [5.41, 5.74) is 1.14. The van der Waals surface area contributed by atoms with E-state index in [4.69, 9.17) is 9.52 Å². The molecule has 110 valence electrons. The predicted octanol–water partition coefficient (Wildman–Crippen LogP) is 2.26. The van der Waals surface area contributed by atoms with Crippen LogP contribution in [-0.4, -0.2) is 40.0 Å². The summed E-state index contributed by atoms with van der Waals surface area (Å²) in [6, 6.07) is 1.66. The van der Waals surface area contributed by atoms with Gasteiger partial charge in [-0.15, -0.1) is 11.3 Å². The Balaban J connectivity index is 1.74. The highest BCUT2D eigenvalue weighted by Gasteiger charge is 2.31. The van der Waals surface area contributed by atoms with E-state index in [0.29, 0.717) is 30.0 Å². The minimum Gasteiger partial charge on any atom is -0.481 e. The van der Waals surface area contributed by atoms with Crippen LogP contribution in [0.25, 0.3) is 11.5 Å². The van der Waals surface area contributed by atoms with Crippen molar-refractivity contribution in [3.05, 3.63) is 28.3 Å². The van der Waals surface area contributed by atoms with E-state index in [1.807, 2.05) is 12.3 Å². The van der Waals surface area contributed by atoms with Gasteiger partial charge in [-0.3, -0.25) is 9.59 Å². The summed E-state index contributed by atoms with van der Waals surface area (Å²) in [6.07, 6.45) is 1.90. The van der Waals surface area contributed by atoms with E-state index in [1.165, 1.54) is 17.6 Å². The van der Waals surface area contributed by atoms with E-state index < -0.39 is 11.9 Å². The maximum Gasteiger partial charge on any atom is 0.308 e. The van der Waals surface area contributed by atoms with Crippen LogP contribution in [0.15, 0.2) is 22.1 Å². The summed E-state index contributed by atoms with van der Waals surface area (Å²) in [5.74, 6) is -0.963. The maximum atomic E-state index is 12.3. The van der Waals surface area contributed by atoms with Gasteiger partial charge >= 0.3 is 5.97 Å². The summed E-state index contributed by atoms with van der Waals surface area (Å²) >= 11 is 1.51. The van der Waals surface area contributed by atoms with Crippen LogP contribution in [0.4, 0.5) is 0 Å². The van der Waals surface area contributed by atoms with Crippen molar-refractivity contribution in [1.82, 2.24) is 9.88 Å². The molecular formula is C14H14N2O4S. The number of aryl methyl sites for hydroxylation is 1. The molecule has 1 fully saturated rings. The Morgan fingerprint density at radius 3 is 2.95 bits per heavy atom. The standard InChI is InChI=1S/C14H14N2O4S/c1-8-15-11(7-21-8)12-4-10(6-20-12)13(17)16-3-2-9(5-16)14(18)19/h4,6-7,9H,2-3,5H2,1H3,(H,18,19). The minimum atomic E-state index is -0.851. The van der Waals surface area contributed by atoms with E-state index in [1.54, 1.807) is 11.0 Å². The van der Waals surface area contributed by atoms with Crippen molar-refractivity contribution in [2.75, 3.05) is 13.1 Å². The second-order valence-corrected chi connectivity index (χ2v) is 6.09. The summed E-state index contributed by atoms with van der Waals surface area (Å²) in [6.45, 7) is 2.62. The van der Waals surface area contributed by atoms with Gasteiger partial charge in [-0.05, 0) is 19.4 Å². The number of amides is 1. The number of furan rings is 1. The van der Waals surface area contributed by atoms with E-state index in [-0.39, 0.29) is 12.5 Å². The quantitative estimate of drug-likeness (QED) is 0.940. The highest BCUT2D eigenvalue weighted by atomic mass is 32.1. The molecule has 0 spiro atoms. The van der Waals surface area contributed by atoms with E-state index in [9.17, 15) is 9.59 Å². The van der Waals surface area contributed by atoms with Crippen LogP contribution >= 0.6 is 11.3 Å². The van der Waals surface area contributed by atoms with Crippen molar-refractivity contribution in [1.29, 1.82) is 0 Å². The first-order valence-corrected chi connectivity index (χ1v) is 7.45. The number of carboxylic acids is 1. The maximum absolute atomic E-state index is 12.3. The predicted molar refractivity (Wildman–Crippen MR) is 76.2 cm³/mol. The van der Waals surface area contributed by atoms with Gasteiger partial charge in [-0.1, -0.05) is 0 Å². The SMILES string of the molecule is Cc1nc(-c2cc(C(=O)N3CCC(C(=O)O)C3)co2)cs1. The highest BCUT2D eigenvalue weighted by Crippen LogP contribution is 2.25. The Morgan fingerprint density at radius 1 is 1.52 bits per heavy atom. The fourth-order valence-electron chi connectivity index (χ4n) is 2.39. The van der Waals surface area contributed by atoms with Gasteiger partial charge in [0.05, 0.1) is 16.5 Å². The molecule has 7 heteroatoms. The number of likely N-dealkylation sites (tertiary alicyclic amines) is 1. The summed E-state index contributed by atoms with van der Waals surface area (Å²) in [4.78, 5) is 29.1. The number of rotatable bonds is 3. The molecule has 1 unspecified atom stereocenters. The van der Waals surface area contributed by atoms with Gasteiger partial charge in [-0.2, -0.15) is 0 Å². The van der Waals surface area contributed by atoms with Crippen LogP contribution < -0.4 is 0 Å². The average Bonchev–Trinajstić information content (AvgIpc) is 3.17. The third-order valence-corrected chi connectivity index (χ3v) is 4.32. The molecule has 21 heavy (non-hydrogen) atoms. The number of nitrogens with zero attached hydrogens (tertiary/aromatic N) is 2. The van der Waals surface area contributed by atoms with E-state index in [2.05, 4.69) is 4.98 Å². The molecule has 1 N–H and O–H groups in total. The molecule has 0 aromatic carbocycles. The first kappa shape index (κ1) is 13.8. The third-order valence-electron chi connectivity index (χ3n) is 3.54. The molecule has 6 nitrogen and oxygen atoms in total. The molecule has 1 amide bonds. The smallest absolute Gasteiger partial charge is 0.308 e. The number of hydrogen-bond donors (Lipinski definition) is 1. The molecule has 3 heterocycles. The molecule has 0 aliphatic carbocycles. The monoisotopic (exact) mass is 306 g/mol. The zero-order valence-electron chi connectivity index (χ0n) is 11.4. The Labute approximate surface area is 125 Å². The summed E-state index contributed by atoms with van der Waals surface area (Å²) in [7, 11) is 0. The van der Waals surface area contributed by atoms with Crippen molar-refractivity contribution in [3.8, 4) is 11.5 Å². The van der Waals surface area contributed by atoms with Gasteiger partial charge in [0.15, 0.2) is 5.76 Å². The van der Waals surface area contributed by atoms with Crippen LogP contribution in [0, 0.1) is 12.8 Å². The van der Waals surface area contributed by atoms with Crippen LogP contribution in [0.5, 0.6) is 0 Å². The fraction of sp³-hybridized carbons (Fsp3) is 0.357. The molecule has 1 saturated heterocycles. The van der Waals surface area contributed by atoms with Gasteiger partial charge in [-0.25, -0.2) is 4.98 Å². The van der Waals surface area contributed by atoms with Crippen LogP contribution in [0.3, 0.4) is 0 Å². The van der Waals surface area contributed by atoms with E-state index in [0.717, 1.165) is 5.01 Å². The van der Waals surface area contributed by atoms with Crippen LogP contribution in [0.2, 0.25) is 0 Å². The van der Waals surface area contributed by atoms with E-state index >= 15 is 0 Å². The lowest BCUT2D eigenvalue weighted by molar-refractivity contribution is -0.141. The lowest BCUT2D eigenvalue weighted by Crippen LogP contribution is -2.29. The molecule has 0 saturated carbocycles. The molecule has 0 bridgehead atoms. The number of carbonyl (C=O) groups excluding carboxylic acids is 1. The number of carbonyl (C=O) groups is 2. The average molecular weight is 306 g/mol. The molecule has 0 radical (unpaired) electrons. The second-order valence-electron chi connectivity index (χ2n) is 5.03. The van der Waals surface area contributed by atoms with Gasteiger partial charge in [0.1, 0.15) is 12.0 Å². The van der Waals surface area contributed by atoms with Gasteiger partial charge < -0.3 is 14.4 Å². The lowest BCUT2D eigenvalue weighted by atomic mass is 10.1. The van der Waals surface area contributed by atoms with Crippen molar-refractivity contribution in [2.24, 2.45) is 5.92 Å². The van der Waals surface area contributed by atoms with Crippen molar-refractivity contribution < 1.29 is 19.1 Å². The number of aliphatic carboxylic acids is 1. The molecule has 3 rings (SSSR count). The Morgan fingerprint density at radius 2 is 2.33 bits per heavy atom.